The number of hydrogen-bond acceptors (Lipinski definition) is 11. The highest BCUT2D eigenvalue weighted by atomic mass is 16.7. The first-order valence-corrected chi connectivity index (χ1v) is 14.7. The van der Waals surface area contributed by atoms with Crippen LogP contribution in [0.25, 0.3) is 0 Å². The number of carbonyl (C=O) groups is 2. The van der Waals surface area contributed by atoms with E-state index in [-0.39, 0.29) is 41.0 Å². The predicted octanol–water partition coefficient (Wildman–Crippen LogP) is 1.68. The maximum absolute atomic E-state index is 13.6. The maximum atomic E-state index is 13.6. The van der Waals surface area contributed by atoms with Gasteiger partial charge in [0.25, 0.3) is 0 Å². The second kappa shape index (κ2) is 12.8. The van der Waals surface area contributed by atoms with Crippen LogP contribution in [0, 0.1) is 0 Å². The van der Waals surface area contributed by atoms with E-state index in [1.807, 2.05) is 36.4 Å². The Kier molecular flexibility index (Phi) is 8.70. The summed E-state index contributed by atoms with van der Waals surface area (Å²) in [6.45, 7) is 0.0163. The van der Waals surface area contributed by atoms with E-state index in [0.29, 0.717) is 24.4 Å². The van der Waals surface area contributed by atoms with Gasteiger partial charge in [-0.1, -0.05) is 60.7 Å². The number of carbonyl (C=O) groups excluding carboxylic acids is 2. The molecule has 45 heavy (non-hydrogen) atoms. The zero-order chi connectivity index (χ0) is 31.7. The largest absolute Gasteiger partial charge is 0.504 e. The van der Waals surface area contributed by atoms with E-state index in [0.717, 1.165) is 11.1 Å². The normalized spacial score (nSPS) is 24.2. The average Bonchev–Trinajstić information content (AvgIpc) is 3.04. The molecule has 11 heteroatoms. The van der Waals surface area contributed by atoms with Gasteiger partial charge in [0.1, 0.15) is 24.4 Å². The summed E-state index contributed by atoms with van der Waals surface area (Å²) in [5.41, 5.74) is 8.20. The van der Waals surface area contributed by atoms with Gasteiger partial charge in [-0.05, 0) is 29.7 Å². The second-order valence-corrected chi connectivity index (χ2v) is 11.2. The number of aliphatic hydroxyl groups is 3. The van der Waals surface area contributed by atoms with Crippen molar-refractivity contribution in [2.45, 2.75) is 43.5 Å². The number of aliphatic hydroxyl groups excluding tert-OH is 3. The third-order valence-corrected chi connectivity index (χ3v) is 8.23. The summed E-state index contributed by atoms with van der Waals surface area (Å²) in [6, 6.07) is 17.2. The Morgan fingerprint density at radius 3 is 2.38 bits per heavy atom. The van der Waals surface area contributed by atoms with Gasteiger partial charge in [-0.15, -0.1) is 0 Å². The number of ether oxygens (including phenoxy) is 3. The fraction of sp³-hybridized carbons (Fsp3) is 0.294. The van der Waals surface area contributed by atoms with E-state index in [1.165, 1.54) is 12.1 Å². The monoisotopic (exact) mass is 614 g/mol. The first-order chi connectivity index (χ1) is 21.8. The molecule has 0 bridgehead atoms. The van der Waals surface area contributed by atoms with Crippen LogP contribution in [-0.2, 0) is 15.9 Å². The van der Waals surface area contributed by atoms with Crippen molar-refractivity contribution in [3.63, 3.8) is 0 Å². The first kappa shape index (κ1) is 30.5. The summed E-state index contributed by atoms with van der Waals surface area (Å²) < 4.78 is 18.1. The Balaban J connectivity index is 1.37. The third kappa shape index (κ3) is 5.96. The van der Waals surface area contributed by atoms with Gasteiger partial charge in [-0.3, -0.25) is 9.59 Å². The molecule has 6 rings (SSSR count). The van der Waals surface area contributed by atoms with Crippen molar-refractivity contribution >= 4 is 11.6 Å². The molecular weight excluding hydrogens is 580 g/mol. The second-order valence-electron chi connectivity index (χ2n) is 11.2. The molecular formula is C34H34N2O9. The number of nitrogens with two attached hydrogens (primary N) is 1. The lowest BCUT2D eigenvalue weighted by atomic mass is 9.82. The summed E-state index contributed by atoms with van der Waals surface area (Å²) in [6.07, 6.45) is -2.60. The van der Waals surface area contributed by atoms with Gasteiger partial charge in [0.2, 0.25) is 6.29 Å². The van der Waals surface area contributed by atoms with Crippen LogP contribution in [0.3, 0.4) is 0 Å². The molecule has 3 aromatic carbocycles. The summed E-state index contributed by atoms with van der Waals surface area (Å²) in [7, 11) is 0. The SMILES string of the molecule is NC1=CC(CCOC2C(Oc3c(Cc4ccccc4)cc4c(c3O)C(=O)c3ccccc3C4=O)OC(CO)C(O)C2O)=CCN1. The zero-order valence-electron chi connectivity index (χ0n) is 24.3. The number of aromatic hydroxyl groups is 1. The van der Waals surface area contributed by atoms with E-state index in [4.69, 9.17) is 19.9 Å². The Morgan fingerprint density at radius 1 is 0.956 bits per heavy atom. The number of benzene rings is 3. The smallest absolute Gasteiger partial charge is 0.229 e. The van der Waals surface area contributed by atoms with Crippen LogP contribution in [0.2, 0.25) is 0 Å². The van der Waals surface area contributed by atoms with E-state index in [1.54, 1.807) is 24.3 Å². The van der Waals surface area contributed by atoms with Crippen LogP contribution < -0.4 is 15.8 Å². The number of ketones is 2. The zero-order valence-corrected chi connectivity index (χ0v) is 24.3. The van der Waals surface area contributed by atoms with Crippen LogP contribution in [0.5, 0.6) is 11.5 Å². The van der Waals surface area contributed by atoms with Crippen LogP contribution in [-0.4, -0.2) is 82.5 Å². The summed E-state index contributed by atoms with van der Waals surface area (Å²) in [5.74, 6) is -1.14. The number of dihydropyridines is 1. The molecule has 0 aromatic heterocycles. The molecule has 1 saturated heterocycles. The molecule has 5 unspecified atom stereocenters. The van der Waals surface area contributed by atoms with Gasteiger partial charge in [-0.25, -0.2) is 0 Å². The Bertz CT molecular complexity index is 1670. The molecule has 5 atom stereocenters. The van der Waals surface area contributed by atoms with Crippen LogP contribution in [0.4, 0.5) is 0 Å². The quantitative estimate of drug-likeness (QED) is 0.161. The van der Waals surface area contributed by atoms with Crippen molar-refractivity contribution in [3.05, 3.63) is 118 Å². The minimum atomic E-state index is -1.53. The Morgan fingerprint density at radius 2 is 1.67 bits per heavy atom. The molecule has 3 aromatic rings. The minimum Gasteiger partial charge on any atom is -0.504 e. The van der Waals surface area contributed by atoms with Crippen LogP contribution in [0.15, 0.2) is 84.2 Å². The number of hydrogen-bond donors (Lipinski definition) is 6. The average molecular weight is 615 g/mol. The molecule has 1 fully saturated rings. The summed E-state index contributed by atoms with van der Waals surface area (Å²) in [5, 5.41) is 46.2. The Labute approximate surface area is 259 Å². The number of allylic oxidation sites excluding steroid dienone is 1. The molecule has 11 nitrogen and oxygen atoms in total. The van der Waals surface area contributed by atoms with Crippen LogP contribution >= 0.6 is 0 Å². The predicted molar refractivity (Wildman–Crippen MR) is 162 cm³/mol. The number of fused-ring (bicyclic) bond motifs is 2. The van der Waals surface area contributed by atoms with Crippen LogP contribution in [0.1, 0.15) is 49.4 Å². The lowest BCUT2D eigenvalue weighted by Gasteiger charge is -2.42. The highest BCUT2D eigenvalue weighted by Gasteiger charge is 2.47. The van der Waals surface area contributed by atoms with E-state index in [9.17, 15) is 30.0 Å². The van der Waals surface area contributed by atoms with Gasteiger partial charge in [0.05, 0.1) is 24.6 Å². The van der Waals surface area contributed by atoms with Gasteiger partial charge in [0.15, 0.2) is 23.1 Å². The molecule has 1 aliphatic carbocycles. The van der Waals surface area contributed by atoms with Crippen molar-refractivity contribution in [1.29, 1.82) is 0 Å². The van der Waals surface area contributed by atoms with Crippen molar-refractivity contribution in [2.24, 2.45) is 5.73 Å². The maximum Gasteiger partial charge on any atom is 0.229 e. The van der Waals surface area contributed by atoms with Gasteiger partial charge in [0, 0.05) is 35.2 Å². The van der Waals surface area contributed by atoms with Crippen molar-refractivity contribution in [2.75, 3.05) is 19.8 Å². The lowest BCUT2D eigenvalue weighted by Crippen LogP contribution is -2.61. The van der Waals surface area contributed by atoms with E-state index in [2.05, 4.69) is 5.32 Å². The first-order valence-electron chi connectivity index (χ1n) is 14.7. The molecule has 0 spiro atoms. The number of nitrogens with one attached hydrogen (secondary N) is 1. The number of phenols is 1. The highest BCUT2D eigenvalue weighted by molar-refractivity contribution is 6.29. The molecule has 3 aliphatic rings. The molecule has 2 heterocycles. The number of rotatable bonds is 9. The van der Waals surface area contributed by atoms with Crippen molar-refractivity contribution < 1.29 is 44.2 Å². The van der Waals surface area contributed by atoms with Crippen molar-refractivity contribution in [1.82, 2.24) is 5.32 Å². The molecule has 0 radical (unpaired) electrons. The highest BCUT2D eigenvalue weighted by Crippen LogP contribution is 2.43. The molecule has 0 saturated carbocycles. The lowest BCUT2D eigenvalue weighted by molar-refractivity contribution is -0.287. The Hall–Kier alpha value is -4.52. The standard InChI is InChI=1S/C34H34N2O9/c35-25-15-19(10-12-36-25)11-13-43-33-31(42)29(40)24(17-37)44-34(33)45-32-20(14-18-6-2-1-3-7-18)16-23-26(30(32)41)28(39)22-9-5-4-8-21(22)27(23)38/h1-10,15-16,24,29,31,33-34,36-37,40-42H,11-14,17,35H2. The molecule has 0 amide bonds. The van der Waals surface area contributed by atoms with E-state index >= 15 is 0 Å². The summed E-state index contributed by atoms with van der Waals surface area (Å²) >= 11 is 0. The van der Waals surface area contributed by atoms with Gasteiger partial charge >= 0.3 is 0 Å². The fourth-order valence-corrected chi connectivity index (χ4v) is 5.89. The molecule has 234 valence electrons. The molecule has 2 aliphatic heterocycles. The number of phenolic OH excluding ortho intramolecular Hbond substituents is 1. The molecule has 7 N–H and O–H groups in total. The van der Waals surface area contributed by atoms with Gasteiger partial charge < -0.3 is 45.7 Å². The summed E-state index contributed by atoms with van der Waals surface area (Å²) in [4.78, 5) is 27.1. The van der Waals surface area contributed by atoms with E-state index < -0.39 is 54.6 Å². The fourth-order valence-electron chi connectivity index (χ4n) is 5.89. The third-order valence-electron chi connectivity index (χ3n) is 8.23. The topological polar surface area (TPSA) is 181 Å². The van der Waals surface area contributed by atoms with Crippen molar-refractivity contribution in [3.8, 4) is 11.5 Å². The van der Waals surface area contributed by atoms with Gasteiger partial charge in [-0.2, -0.15) is 0 Å². The minimum absolute atomic E-state index is 0.0399.